The van der Waals surface area contributed by atoms with Gasteiger partial charge in [-0.25, -0.2) is 9.97 Å². The minimum absolute atomic E-state index is 0.0804. The molecule has 0 bridgehead atoms. The number of aromatic nitrogens is 2. The average molecular weight is 949 g/mol. The molecule has 1 fully saturated rings. The van der Waals surface area contributed by atoms with Gasteiger partial charge in [-0.2, -0.15) is 0 Å². The van der Waals surface area contributed by atoms with Gasteiger partial charge in [0.15, 0.2) is 0 Å². The molecule has 10 nitrogen and oxygen atoms in total. The number of rotatable bonds is 16. The van der Waals surface area contributed by atoms with Gasteiger partial charge in [0.05, 0.1) is 32.1 Å². The van der Waals surface area contributed by atoms with Crippen LogP contribution in [0.3, 0.4) is 0 Å². The molecule has 1 saturated heterocycles. The molecule has 1 aliphatic heterocycles. The Kier molecular flexibility index (Phi) is 14.2. The van der Waals surface area contributed by atoms with Crippen LogP contribution in [0.2, 0.25) is 0 Å². The Hall–Kier alpha value is -6.32. The predicted molar refractivity (Wildman–Crippen MR) is 266 cm³/mol. The Balaban J connectivity index is 0.848. The zero-order chi connectivity index (χ0) is 45.4. The number of hydrogen-bond donors (Lipinski definition) is 2. The standard InChI is InChI=1S/C52H48N6O4S4/c1-2-27-57(51(61)46(38-12-5-3-6-13-38)55-48(59)41-17-10-29-63-41)33-45-53-31-43(65-45)36-23-19-34(20-24-36)35-21-25-37(26-22-35)44-32-54-50(66-44)40-16-9-28-58(40)52(62)47(39-14-7-4-8-15-39)56-49(60)42-18-11-30-64-42/h3-7,10-14,17-26,29-32,40,46-47H,2,8-9,15-16,27-28,33H2,1H3,(H,55,59)(H,56,60). The van der Waals surface area contributed by atoms with Gasteiger partial charge >= 0.3 is 0 Å². The van der Waals surface area contributed by atoms with E-state index in [4.69, 9.17) is 9.97 Å². The molecule has 334 valence electrons. The van der Waals surface area contributed by atoms with E-state index < -0.39 is 12.1 Å². The summed E-state index contributed by atoms with van der Waals surface area (Å²) in [6.07, 6.45) is 13.8. The number of amides is 4. The number of thiazole rings is 2. The van der Waals surface area contributed by atoms with Crippen molar-refractivity contribution in [2.75, 3.05) is 13.1 Å². The summed E-state index contributed by atoms with van der Waals surface area (Å²) in [5, 5.41) is 11.5. The molecule has 0 spiro atoms. The number of likely N-dealkylation sites (tertiary alicyclic amines) is 1. The van der Waals surface area contributed by atoms with E-state index in [1.54, 1.807) is 39.7 Å². The van der Waals surface area contributed by atoms with Crippen LogP contribution in [0.5, 0.6) is 0 Å². The summed E-state index contributed by atoms with van der Waals surface area (Å²) in [5.41, 5.74) is 5.93. The number of allylic oxidation sites excluding steroid dienone is 3. The quantitative estimate of drug-likeness (QED) is 0.0994. The molecule has 3 atom stereocenters. The largest absolute Gasteiger partial charge is 0.336 e. The van der Waals surface area contributed by atoms with Crippen LogP contribution in [0.25, 0.3) is 32.0 Å². The smallest absolute Gasteiger partial charge is 0.262 e. The summed E-state index contributed by atoms with van der Waals surface area (Å²) in [4.78, 5) is 71.3. The number of hydrogen-bond acceptors (Lipinski definition) is 10. The van der Waals surface area contributed by atoms with Crippen LogP contribution in [0.4, 0.5) is 0 Å². The molecule has 2 N–H and O–H groups in total. The van der Waals surface area contributed by atoms with Gasteiger partial charge in [0.25, 0.3) is 11.8 Å². The monoisotopic (exact) mass is 948 g/mol. The van der Waals surface area contributed by atoms with Crippen molar-refractivity contribution in [2.45, 2.75) is 63.7 Å². The number of carbonyl (C=O) groups is 4. The topological polar surface area (TPSA) is 125 Å². The normalized spacial score (nSPS) is 15.5. The summed E-state index contributed by atoms with van der Waals surface area (Å²) >= 11 is 5.89. The SMILES string of the molecule is CCCN(Cc1ncc(-c2ccc(-c3ccc(-c4cnc(C5CCCN5C(=O)C(NC(=O)c5cccs5)C5=CC=CCC5)s4)cc3)cc2)s1)C(=O)C(NC(=O)c1cccs1)c1ccccc1. The van der Waals surface area contributed by atoms with Gasteiger partial charge in [-0.05, 0) is 88.4 Å². The Morgan fingerprint density at radius 2 is 1.36 bits per heavy atom. The van der Waals surface area contributed by atoms with Gasteiger partial charge in [-0.3, -0.25) is 19.2 Å². The molecular formula is C52H48N6O4S4. The third kappa shape index (κ3) is 10.2. The molecule has 14 heteroatoms. The third-order valence-corrected chi connectivity index (χ3v) is 15.7. The molecule has 4 amide bonds. The van der Waals surface area contributed by atoms with Crippen molar-refractivity contribution in [1.82, 2.24) is 30.4 Å². The molecule has 0 radical (unpaired) electrons. The minimum Gasteiger partial charge on any atom is -0.336 e. The number of nitrogens with one attached hydrogen (secondary N) is 2. The van der Waals surface area contributed by atoms with E-state index in [0.29, 0.717) is 29.4 Å². The number of thiophene rings is 2. The lowest BCUT2D eigenvalue weighted by atomic mass is 9.96. The molecule has 0 saturated carbocycles. The highest BCUT2D eigenvalue weighted by Gasteiger charge is 2.38. The fourth-order valence-corrected chi connectivity index (χ4v) is 11.7. The zero-order valence-corrected chi connectivity index (χ0v) is 39.6. The summed E-state index contributed by atoms with van der Waals surface area (Å²) in [6, 6.07) is 31.8. The maximum Gasteiger partial charge on any atom is 0.262 e. The first kappa shape index (κ1) is 44.9. The highest BCUT2D eigenvalue weighted by atomic mass is 32.1. The lowest BCUT2D eigenvalue weighted by Crippen LogP contribution is -2.49. The molecule has 3 unspecified atom stereocenters. The van der Waals surface area contributed by atoms with E-state index in [0.717, 1.165) is 85.3 Å². The maximum atomic E-state index is 14.3. The van der Waals surface area contributed by atoms with Crippen LogP contribution in [0.15, 0.2) is 150 Å². The van der Waals surface area contributed by atoms with Gasteiger partial charge in [0, 0.05) is 25.5 Å². The van der Waals surface area contributed by atoms with Gasteiger partial charge in [0.1, 0.15) is 22.1 Å². The third-order valence-electron chi connectivity index (χ3n) is 11.8. The lowest BCUT2D eigenvalue weighted by molar-refractivity contribution is -0.134. The van der Waals surface area contributed by atoms with Crippen LogP contribution in [-0.2, 0) is 16.1 Å². The van der Waals surface area contributed by atoms with Crippen LogP contribution >= 0.6 is 45.3 Å². The van der Waals surface area contributed by atoms with Crippen molar-refractivity contribution in [3.05, 3.63) is 175 Å². The molecule has 1 aliphatic carbocycles. The van der Waals surface area contributed by atoms with Crippen LogP contribution in [-0.4, -0.2) is 62.5 Å². The van der Waals surface area contributed by atoms with E-state index in [2.05, 4.69) is 65.2 Å². The number of nitrogens with zero attached hydrogens (tertiary/aromatic N) is 4. The second-order valence-corrected chi connectivity index (χ2v) is 20.2. The van der Waals surface area contributed by atoms with Crippen molar-refractivity contribution < 1.29 is 19.2 Å². The molecule has 66 heavy (non-hydrogen) atoms. The summed E-state index contributed by atoms with van der Waals surface area (Å²) in [6.45, 7) is 3.53. The van der Waals surface area contributed by atoms with Gasteiger partial charge in [-0.1, -0.05) is 116 Å². The molecule has 7 aromatic rings. The predicted octanol–water partition coefficient (Wildman–Crippen LogP) is 11.4. The summed E-state index contributed by atoms with van der Waals surface area (Å²) in [7, 11) is 0. The Bertz CT molecular complexity index is 2830. The molecule has 3 aromatic carbocycles. The van der Waals surface area contributed by atoms with Crippen LogP contribution < -0.4 is 10.6 Å². The van der Waals surface area contributed by atoms with Crippen molar-refractivity contribution in [2.24, 2.45) is 0 Å². The summed E-state index contributed by atoms with van der Waals surface area (Å²) in [5.74, 6) is -0.752. The van der Waals surface area contributed by atoms with Crippen molar-refractivity contribution in [3.8, 4) is 32.0 Å². The number of carbonyl (C=O) groups excluding carboxylic acids is 4. The second-order valence-electron chi connectivity index (χ2n) is 16.2. The van der Waals surface area contributed by atoms with Crippen molar-refractivity contribution >= 4 is 69.0 Å². The van der Waals surface area contributed by atoms with E-state index in [1.165, 1.54) is 22.7 Å². The Labute approximate surface area is 400 Å². The van der Waals surface area contributed by atoms with Crippen LogP contribution in [0, 0.1) is 0 Å². The fourth-order valence-electron chi connectivity index (χ4n) is 8.41. The maximum absolute atomic E-state index is 14.3. The minimum atomic E-state index is -0.826. The molecule has 9 rings (SSSR count). The van der Waals surface area contributed by atoms with Gasteiger partial charge in [-0.15, -0.1) is 45.3 Å². The molecular weight excluding hydrogens is 901 g/mol. The van der Waals surface area contributed by atoms with E-state index in [-0.39, 0.29) is 29.7 Å². The molecule has 5 heterocycles. The Morgan fingerprint density at radius 3 is 1.97 bits per heavy atom. The first-order valence-corrected chi connectivity index (χ1v) is 25.5. The van der Waals surface area contributed by atoms with E-state index in [9.17, 15) is 19.2 Å². The summed E-state index contributed by atoms with van der Waals surface area (Å²) < 4.78 is 0. The highest BCUT2D eigenvalue weighted by Crippen LogP contribution is 2.39. The first-order chi connectivity index (χ1) is 32.3. The zero-order valence-electron chi connectivity index (χ0n) is 36.3. The van der Waals surface area contributed by atoms with Gasteiger partial charge < -0.3 is 20.4 Å². The first-order valence-electron chi connectivity index (χ1n) is 22.1. The lowest BCUT2D eigenvalue weighted by Gasteiger charge is -2.30. The highest BCUT2D eigenvalue weighted by molar-refractivity contribution is 7.15. The van der Waals surface area contributed by atoms with Gasteiger partial charge in [0.2, 0.25) is 11.8 Å². The van der Waals surface area contributed by atoms with Crippen LogP contribution in [0.1, 0.15) is 86.0 Å². The number of benzene rings is 3. The molecule has 2 aliphatic rings. The Morgan fingerprint density at radius 1 is 0.742 bits per heavy atom. The van der Waals surface area contributed by atoms with E-state index >= 15 is 0 Å². The second kappa shape index (κ2) is 20.9. The fraction of sp³-hybridized carbons (Fsp3) is 0.231. The molecule has 4 aromatic heterocycles. The van der Waals surface area contributed by atoms with Crippen molar-refractivity contribution in [1.29, 1.82) is 0 Å². The van der Waals surface area contributed by atoms with E-state index in [1.807, 2.05) is 89.6 Å². The average Bonchev–Trinajstić information content (AvgIpc) is 4.23. The van der Waals surface area contributed by atoms with Crippen molar-refractivity contribution in [3.63, 3.8) is 0 Å².